The van der Waals surface area contributed by atoms with Crippen LogP contribution in [-0.2, 0) is 16.2 Å². The third-order valence-corrected chi connectivity index (χ3v) is 5.25. The summed E-state index contributed by atoms with van der Waals surface area (Å²) in [7, 11) is -1.13. The van der Waals surface area contributed by atoms with Gasteiger partial charge in [-0.25, -0.2) is 9.48 Å². The molecule has 0 aliphatic carbocycles. The highest BCUT2D eigenvalue weighted by Gasteiger charge is 2.17. The van der Waals surface area contributed by atoms with Gasteiger partial charge in [0.15, 0.2) is 5.69 Å². The van der Waals surface area contributed by atoms with Gasteiger partial charge in [-0.05, 0) is 24.6 Å². The minimum atomic E-state index is -1.13. The number of aromatic nitrogens is 2. The van der Waals surface area contributed by atoms with Crippen LogP contribution in [0.2, 0.25) is 25.7 Å². The lowest BCUT2D eigenvalue weighted by atomic mass is 10.1. The normalized spacial score (nSPS) is 11.5. The van der Waals surface area contributed by atoms with E-state index in [0.717, 1.165) is 17.3 Å². The van der Waals surface area contributed by atoms with Gasteiger partial charge in [-0.3, -0.25) is 0 Å². The molecule has 0 aliphatic heterocycles. The zero-order valence-electron chi connectivity index (χ0n) is 14.9. The Balaban J connectivity index is 2.16. The Bertz CT molecular complexity index is 663. The third kappa shape index (κ3) is 5.32. The molecule has 0 unspecified atom stereocenters. The first kappa shape index (κ1) is 18.4. The van der Waals surface area contributed by atoms with Crippen LogP contribution < -0.4 is 0 Å². The van der Waals surface area contributed by atoms with Crippen molar-refractivity contribution >= 4 is 14.0 Å². The van der Waals surface area contributed by atoms with Crippen molar-refractivity contribution in [3.05, 3.63) is 42.1 Å². The molecule has 0 spiro atoms. The van der Waals surface area contributed by atoms with Crippen LogP contribution in [0.5, 0.6) is 0 Å². The molecule has 1 aromatic heterocycles. The van der Waals surface area contributed by atoms with Crippen LogP contribution in [0, 0.1) is 0 Å². The van der Waals surface area contributed by atoms with E-state index >= 15 is 0 Å². The van der Waals surface area contributed by atoms with E-state index < -0.39 is 14.0 Å². The van der Waals surface area contributed by atoms with Gasteiger partial charge in [-0.2, -0.15) is 5.10 Å². The Morgan fingerprint density at radius 3 is 2.54 bits per heavy atom. The molecule has 1 heterocycles. The molecule has 0 atom stereocenters. The fourth-order valence-electron chi connectivity index (χ4n) is 2.19. The monoisotopic (exact) mass is 346 g/mol. The van der Waals surface area contributed by atoms with E-state index in [1.165, 1.54) is 0 Å². The lowest BCUT2D eigenvalue weighted by molar-refractivity contribution is 0.0511. The minimum Gasteiger partial charge on any atom is -0.461 e. The van der Waals surface area contributed by atoms with Crippen molar-refractivity contribution in [1.29, 1.82) is 0 Å². The summed E-state index contributed by atoms with van der Waals surface area (Å²) < 4.78 is 12.6. The highest BCUT2D eigenvalue weighted by Crippen LogP contribution is 2.21. The van der Waals surface area contributed by atoms with Gasteiger partial charge < -0.3 is 9.47 Å². The van der Waals surface area contributed by atoms with Gasteiger partial charge in [0, 0.05) is 14.7 Å². The summed E-state index contributed by atoms with van der Waals surface area (Å²) in [6, 6.07) is 12.7. The van der Waals surface area contributed by atoms with Crippen LogP contribution in [0.1, 0.15) is 17.4 Å². The molecular formula is C18H26N2O3Si. The maximum Gasteiger partial charge on any atom is 0.358 e. The van der Waals surface area contributed by atoms with E-state index in [4.69, 9.17) is 9.47 Å². The molecule has 0 amide bonds. The van der Waals surface area contributed by atoms with Gasteiger partial charge in [-0.15, -0.1) is 0 Å². The summed E-state index contributed by atoms with van der Waals surface area (Å²) in [4.78, 5) is 12.0. The van der Waals surface area contributed by atoms with E-state index in [1.807, 2.05) is 30.3 Å². The van der Waals surface area contributed by atoms with E-state index in [9.17, 15) is 4.79 Å². The molecule has 0 N–H and O–H groups in total. The lowest BCUT2D eigenvalue weighted by Gasteiger charge is -2.15. The molecule has 0 saturated heterocycles. The maximum atomic E-state index is 12.0. The van der Waals surface area contributed by atoms with Crippen molar-refractivity contribution in [1.82, 2.24) is 9.78 Å². The molecule has 0 saturated carbocycles. The molecule has 130 valence electrons. The maximum absolute atomic E-state index is 12.0. The molecule has 0 bridgehead atoms. The smallest absolute Gasteiger partial charge is 0.358 e. The summed E-state index contributed by atoms with van der Waals surface area (Å²) in [5, 5.41) is 4.37. The topological polar surface area (TPSA) is 53.4 Å². The largest absolute Gasteiger partial charge is 0.461 e. The molecule has 2 aromatic rings. The predicted molar refractivity (Wildman–Crippen MR) is 97.7 cm³/mol. The standard InChI is InChI=1S/C18H26N2O3Si/c1-5-23-18(21)16-13-17(15-9-7-6-8-10-15)20(19-16)14-22-11-12-24(2,3)4/h6-10,13H,5,11-12,14H2,1-4H3. The molecule has 0 aliphatic rings. The Morgan fingerprint density at radius 1 is 1.21 bits per heavy atom. The number of esters is 1. The molecule has 1 aromatic carbocycles. The summed E-state index contributed by atoms with van der Waals surface area (Å²) in [6.45, 7) is 10.1. The molecular weight excluding hydrogens is 320 g/mol. The van der Waals surface area contributed by atoms with Crippen LogP contribution in [-0.4, -0.2) is 37.0 Å². The third-order valence-electron chi connectivity index (χ3n) is 3.54. The number of ether oxygens (including phenoxy) is 2. The van der Waals surface area contributed by atoms with E-state index in [1.54, 1.807) is 17.7 Å². The highest BCUT2D eigenvalue weighted by molar-refractivity contribution is 6.76. The second-order valence-corrected chi connectivity index (χ2v) is 12.5. The van der Waals surface area contributed by atoms with E-state index in [0.29, 0.717) is 25.6 Å². The molecule has 24 heavy (non-hydrogen) atoms. The Labute approximate surface area is 144 Å². The zero-order chi connectivity index (χ0) is 17.6. The van der Waals surface area contributed by atoms with Crippen molar-refractivity contribution in [3.63, 3.8) is 0 Å². The first-order chi connectivity index (χ1) is 11.4. The van der Waals surface area contributed by atoms with Crippen LogP contribution in [0.25, 0.3) is 11.3 Å². The number of hydrogen-bond acceptors (Lipinski definition) is 4. The number of carbonyl (C=O) groups is 1. The summed E-state index contributed by atoms with van der Waals surface area (Å²) in [5.41, 5.74) is 2.16. The summed E-state index contributed by atoms with van der Waals surface area (Å²) in [5.74, 6) is -0.407. The lowest BCUT2D eigenvalue weighted by Crippen LogP contribution is -2.22. The zero-order valence-corrected chi connectivity index (χ0v) is 15.9. The molecule has 2 rings (SSSR count). The van der Waals surface area contributed by atoms with Crippen molar-refractivity contribution in [2.45, 2.75) is 39.3 Å². The molecule has 0 fully saturated rings. The average Bonchev–Trinajstić information content (AvgIpc) is 2.96. The van der Waals surface area contributed by atoms with Crippen LogP contribution in [0.4, 0.5) is 0 Å². The number of benzene rings is 1. The van der Waals surface area contributed by atoms with E-state index in [-0.39, 0.29) is 0 Å². The van der Waals surface area contributed by atoms with Gasteiger partial charge in [-0.1, -0.05) is 50.0 Å². The minimum absolute atomic E-state index is 0.310. The van der Waals surface area contributed by atoms with Crippen molar-refractivity contribution in [2.75, 3.05) is 13.2 Å². The second-order valence-electron chi connectivity index (χ2n) is 6.85. The summed E-state index contributed by atoms with van der Waals surface area (Å²) >= 11 is 0. The highest BCUT2D eigenvalue weighted by atomic mass is 28.3. The fourth-order valence-corrected chi connectivity index (χ4v) is 2.95. The summed E-state index contributed by atoms with van der Waals surface area (Å²) in [6.07, 6.45) is 0. The second kappa shape index (κ2) is 8.26. The average molecular weight is 347 g/mol. The Morgan fingerprint density at radius 2 is 1.92 bits per heavy atom. The van der Waals surface area contributed by atoms with Gasteiger partial charge in [0.25, 0.3) is 0 Å². The quantitative estimate of drug-likeness (QED) is 0.411. The number of rotatable bonds is 8. The van der Waals surface area contributed by atoms with Gasteiger partial charge in [0.05, 0.1) is 12.3 Å². The fraction of sp³-hybridized carbons (Fsp3) is 0.444. The number of carbonyl (C=O) groups excluding carboxylic acids is 1. The number of nitrogens with zero attached hydrogens (tertiary/aromatic N) is 2. The number of hydrogen-bond donors (Lipinski definition) is 0. The SMILES string of the molecule is CCOC(=O)c1cc(-c2ccccc2)n(COCC[Si](C)(C)C)n1. The van der Waals surface area contributed by atoms with Gasteiger partial charge >= 0.3 is 5.97 Å². The first-order valence-corrected chi connectivity index (χ1v) is 12.0. The Kier molecular flexibility index (Phi) is 6.34. The van der Waals surface area contributed by atoms with Gasteiger partial charge in [0.2, 0.25) is 0 Å². The Hall–Kier alpha value is -1.92. The molecule has 0 radical (unpaired) electrons. The van der Waals surface area contributed by atoms with E-state index in [2.05, 4.69) is 24.7 Å². The van der Waals surface area contributed by atoms with Crippen LogP contribution in [0.15, 0.2) is 36.4 Å². The predicted octanol–water partition coefficient (Wildman–Crippen LogP) is 4.04. The van der Waals surface area contributed by atoms with Gasteiger partial charge in [0.1, 0.15) is 6.73 Å². The van der Waals surface area contributed by atoms with Crippen molar-refractivity contribution < 1.29 is 14.3 Å². The molecule has 5 nitrogen and oxygen atoms in total. The first-order valence-electron chi connectivity index (χ1n) is 8.29. The van der Waals surface area contributed by atoms with Crippen LogP contribution in [0.3, 0.4) is 0 Å². The molecule has 6 heteroatoms. The van der Waals surface area contributed by atoms with Crippen LogP contribution >= 0.6 is 0 Å². The van der Waals surface area contributed by atoms with Crippen molar-refractivity contribution in [3.8, 4) is 11.3 Å². The van der Waals surface area contributed by atoms with Crippen molar-refractivity contribution in [2.24, 2.45) is 0 Å².